The highest BCUT2D eigenvalue weighted by Gasteiger charge is 2.11. The van der Waals surface area contributed by atoms with E-state index in [1.54, 1.807) is 13.2 Å². The van der Waals surface area contributed by atoms with E-state index >= 15 is 0 Å². The summed E-state index contributed by atoms with van der Waals surface area (Å²) in [7, 11) is 1.64. The maximum Gasteiger partial charge on any atom is 0.233 e. The number of anilines is 2. The highest BCUT2D eigenvalue weighted by molar-refractivity contribution is 5.85. The van der Waals surface area contributed by atoms with Gasteiger partial charge in [-0.15, -0.1) is 0 Å². The van der Waals surface area contributed by atoms with Crippen LogP contribution in [0.3, 0.4) is 0 Å². The molecule has 2 aromatic heterocycles. The van der Waals surface area contributed by atoms with Crippen molar-refractivity contribution in [2.75, 3.05) is 12.4 Å². The van der Waals surface area contributed by atoms with Crippen LogP contribution in [0.1, 0.15) is 19.0 Å². The zero-order valence-corrected chi connectivity index (χ0v) is 15.1. The predicted octanol–water partition coefficient (Wildman–Crippen LogP) is 3.98. The number of para-hydroxylation sites is 1. The van der Waals surface area contributed by atoms with Crippen molar-refractivity contribution < 1.29 is 9.84 Å². The first-order chi connectivity index (χ1) is 13.2. The summed E-state index contributed by atoms with van der Waals surface area (Å²) < 4.78 is 5.32. The molecule has 0 spiro atoms. The number of methoxy groups -OCH3 is 1. The van der Waals surface area contributed by atoms with Crippen molar-refractivity contribution in [1.82, 2.24) is 19.9 Å². The van der Waals surface area contributed by atoms with Gasteiger partial charge in [0.25, 0.3) is 0 Å². The smallest absolute Gasteiger partial charge is 0.233 e. The van der Waals surface area contributed by atoms with E-state index in [4.69, 9.17) is 4.74 Å². The van der Waals surface area contributed by atoms with Crippen LogP contribution in [0.15, 0.2) is 42.5 Å². The second-order valence-corrected chi connectivity index (χ2v) is 6.14. The number of ether oxygens (including phenoxy) is 1. The number of fused-ring (bicyclic) bond motifs is 2. The third kappa shape index (κ3) is 3.31. The number of aromatic nitrogens is 4. The van der Waals surface area contributed by atoms with Gasteiger partial charge >= 0.3 is 0 Å². The van der Waals surface area contributed by atoms with E-state index in [1.165, 1.54) is 0 Å². The van der Waals surface area contributed by atoms with Crippen LogP contribution in [0.4, 0.5) is 11.9 Å². The summed E-state index contributed by atoms with van der Waals surface area (Å²) in [5.74, 6) is 1.33. The number of aryl methyl sites for hydroxylation is 1. The molecule has 7 heteroatoms. The number of benzene rings is 2. The monoisotopic (exact) mass is 361 g/mol. The molecule has 4 rings (SSSR count). The highest BCUT2D eigenvalue weighted by Crippen LogP contribution is 2.26. The minimum absolute atomic E-state index is 0.0811. The Morgan fingerprint density at radius 1 is 0.926 bits per heavy atom. The van der Waals surface area contributed by atoms with Crippen molar-refractivity contribution in [3.63, 3.8) is 0 Å². The summed E-state index contributed by atoms with van der Waals surface area (Å²) >= 11 is 0. The molecule has 0 atom stereocenters. The molecule has 0 bridgehead atoms. The standard InChI is InChI=1S/C20H19N5O2/c1-3-6-15-14-11-12(27-2)9-10-17(14)23-19(21-15)25-20-22-16-8-5-4-7-13(16)18(26)24-20/h4-5,7-11H,3,6H2,1-2H3,(H2,21,22,23,24,25,26). The lowest BCUT2D eigenvalue weighted by Crippen LogP contribution is -2.05. The first-order valence-electron chi connectivity index (χ1n) is 8.75. The average Bonchev–Trinajstić information content (AvgIpc) is 2.68. The fraction of sp³-hybridized carbons (Fsp3) is 0.200. The van der Waals surface area contributed by atoms with Crippen LogP contribution in [0.5, 0.6) is 11.6 Å². The third-order valence-corrected chi connectivity index (χ3v) is 4.28. The van der Waals surface area contributed by atoms with Gasteiger partial charge in [0, 0.05) is 5.39 Å². The largest absolute Gasteiger partial charge is 0.497 e. The summed E-state index contributed by atoms with van der Waals surface area (Å²) in [5.41, 5.74) is 2.38. The predicted molar refractivity (Wildman–Crippen MR) is 105 cm³/mol. The van der Waals surface area contributed by atoms with Crippen molar-refractivity contribution in [3.8, 4) is 11.6 Å². The second kappa shape index (κ2) is 7.03. The first-order valence-corrected chi connectivity index (χ1v) is 8.75. The Hall–Kier alpha value is -3.48. The summed E-state index contributed by atoms with van der Waals surface area (Å²) in [6.07, 6.45) is 1.76. The molecule has 2 heterocycles. The van der Waals surface area contributed by atoms with E-state index in [0.717, 1.165) is 35.2 Å². The third-order valence-electron chi connectivity index (χ3n) is 4.28. The average molecular weight is 361 g/mol. The number of hydrogen-bond donors (Lipinski definition) is 2. The number of nitrogens with zero attached hydrogens (tertiary/aromatic N) is 4. The van der Waals surface area contributed by atoms with Crippen LogP contribution in [0.25, 0.3) is 21.8 Å². The molecule has 0 unspecified atom stereocenters. The Bertz CT molecular complexity index is 1130. The summed E-state index contributed by atoms with van der Waals surface area (Å²) in [4.78, 5) is 17.7. The lowest BCUT2D eigenvalue weighted by atomic mass is 10.1. The minimum atomic E-state index is -0.0811. The summed E-state index contributed by atoms with van der Waals surface area (Å²) in [6, 6.07) is 13.0. The Morgan fingerprint density at radius 3 is 2.44 bits per heavy atom. The molecule has 0 aliphatic heterocycles. The normalized spacial score (nSPS) is 11.0. The van der Waals surface area contributed by atoms with E-state index < -0.39 is 0 Å². The highest BCUT2D eigenvalue weighted by atomic mass is 16.5. The first kappa shape index (κ1) is 17.0. The second-order valence-electron chi connectivity index (χ2n) is 6.14. The fourth-order valence-corrected chi connectivity index (χ4v) is 3.00. The van der Waals surface area contributed by atoms with E-state index in [1.807, 2.05) is 36.4 Å². The molecule has 7 nitrogen and oxygen atoms in total. The topological polar surface area (TPSA) is 93.1 Å². The molecule has 2 aromatic carbocycles. The SMILES string of the molecule is CCCc1nc(Nc2nc(O)c3ccccc3n2)nc2ccc(OC)cc12. The van der Waals surface area contributed by atoms with Gasteiger partial charge in [-0.05, 0) is 36.8 Å². The van der Waals surface area contributed by atoms with Gasteiger partial charge in [-0.1, -0.05) is 25.5 Å². The molecule has 0 fully saturated rings. The van der Waals surface area contributed by atoms with Crippen molar-refractivity contribution in [2.24, 2.45) is 0 Å². The lowest BCUT2D eigenvalue weighted by Gasteiger charge is -2.11. The summed E-state index contributed by atoms with van der Waals surface area (Å²) in [5, 5.41) is 14.7. The zero-order valence-electron chi connectivity index (χ0n) is 15.1. The molecule has 0 saturated carbocycles. The van der Waals surface area contributed by atoms with Crippen LogP contribution >= 0.6 is 0 Å². The lowest BCUT2D eigenvalue weighted by molar-refractivity contribution is 0.415. The Kier molecular flexibility index (Phi) is 4.42. The molecule has 0 aliphatic rings. The van der Waals surface area contributed by atoms with Gasteiger partial charge in [0.2, 0.25) is 17.8 Å². The van der Waals surface area contributed by atoms with Gasteiger partial charge in [-0.3, -0.25) is 5.32 Å². The quantitative estimate of drug-likeness (QED) is 0.555. The van der Waals surface area contributed by atoms with E-state index in [-0.39, 0.29) is 11.8 Å². The van der Waals surface area contributed by atoms with Crippen LogP contribution in [0, 0.1) is 0 Å². The van der Waals surface area contributed by atoms with E-state index in [2.05, 4.69) is 32.2 Å². The minimum Gasteiger partial charge on any atom is -0.497 e. The number of aromatic hydroxyl groups is 1. The molecule has 2 N–H and O–H groups in total. The fourth-order valence-electron chi connectivity index (χ4n) is 3.00. The van der Waals surface area contributed by atoms with Gasteiger partial charge in [-0.2, -0.15) is 4.98 Å². The molecule has 27 heavy (non-hydrogen) atoms. The zero-order chi connectivity index (χ0) is 18.8. The number of hydrogen-bond acceptors (Lipinski definition) is 7. The molecule has 0 aliphatic carbocycles. The van der Waals surface area contributed by atoms with Gasteiger partial charge in [0.05, 0.1) is 29.2 Å². The van der Waals surface area contributed by atoms with Crippen LogP contribution in [-0.4, -0.2) is 32.2 Å². The molecule has 136 valence electrons. The van der Waals surface area contributed by atoms with Gasteiger partial charge < -0.3 is 9.84 Å². The van der Waals surface area contributed by atoms with Crippen molar-refractivity contribution >= 4 is 33.7 Å². The Balaban J connectivity index is 1.77. The van der Waals surface area contributed by atoms with Crippen molar-refractivity contribution in [2.45, 2.75) is 19.8 Å². The van der Waals surface area contributed by atoms with Gasteiger partial charge in [-0.25, -0.2) is 15.0 Å². The Labute approximate surface area is 156 Å². The summed E-state index contributed by atoms with van der Waals surface area (Å²) in [6.45, 7) is 2.10. The maximum absolute atomic E-state index is 10.2. The number of nitrogens with one attached hydrogen (secondary N) is 1. The van der Waals surface area contributed by atoms with Gasteiger partial charge in [0.15, 0.2) is 0 Å². The van der Waals surface area contributed by atoms with E-state index in [0.29, 0.717) is 16.9 Å². The van der Waals surface area contributed by atoms with Crippen molar-refractivity contribution in [1.29, 1.82) is 0 Å². The van der Waals surface area contributed by atoms with Gasteiger partial charge in [0.1, 0.15) is 5.75 Å². The van der Waals surface area contributed by atoms with Crippen LogP contribution < -0.4 is 10.1 Å². The molecule has 0 saturated heterocycles. The molecule has 4 aromatic rings. The molecular formula is C20H19N5O2. The maximum atomic E-state index is 10.2. The molecular weight excluding hydrogens is 342 g/mol. The molecule has 0 radical (unpaired) electrons. The van der Waals surface area contributed by atoms with E-state index in [9.17, 15) is 5.11 Å². The van der Waals surface area contributed by atoms with Crippen LogP contribution in [-0.2, 0) is 6.42 Å². The van der Waals surface area contributed by atoms with Crippen LogP contribution in [0.2, 0.25) is 0 Å². The van der Waals surface area contributed by atoms with Crippen molar-refractivity contribution in [3.05, 3.63) is 48.2 Å². The Morgan fingerprint density at radius 2 is 1.67 bits per heavy atom. The number of rotatable bonds is 5. The molecule has 0 amide bonds.